The molecule has 3 heteroatoms. The molecule has 0 fully saturated rings. The van der Waals surface area contributed by atoms with Gasteiger partial charge in [-0.1, -0.05) is 63.3 Å². The molecule has 1 rings (SSSR count). The fourth-order valence-corrected chi connectivity index (χ4v) is 4.03. The van der Waals surface area contributed by atoms with Crippen molar-refractivity contribution < 1.29 is 8.42 Å². The second-order valence-electron chi connectivity index (χ2n) is 5.51. The van der Waals surface area contributed by atoms with Gasteiger partial charge in [0, 0.05) is 5.41 Å². The van der Waals surface area contributed by atoms with Crippen LogP contribution in [0.1, 0.15) is 39.2 Å². The summed E-state index contributed by atoms with van der Waals surface area (Å²) in [4.78, 5) is 0. The lowest BCUT2D eigenvalue weighted by molar-refractivity contribution is 0.548. The van der Waals surface area contributed by atoms with Gasteiger partial charge in [0.2, 0.25) is 0 Å². The van der Waals surface area contributed by atoms with Crippen molar-refractivity contribution in [3.63, 3.8) is 0 Å². The Morgan fingerprint density at radius 1 is 1.11 bits per heavy atom. The molecule has 106 valence electrons. The number of benzene rings is 1. The zero-order valence-electron chi connectivity index (χ0n) is 12.1. The van der Waals surface area contributed by atoms with E-state index in [4.69, 9.17) is 0 Å². The van der Waals surface area contributed by atoms with Crippen LogP contribution in [0.15, 0.2) is 42.5 Å². The predicted molar refractivity (Wildman–Crippen MR) is 82.2 cm³/mol. The number of sulfone groups is 1. The number of rotatable bonds is 7. The fraction of sp³-hybridized carbons (Fsp3) is 0.500. The van der Waals surface area contributed by atoms with Gasteiger partial charge >= 0.3 is 0 Å². The summed E-state index contributed by atoms with van der Waals surface area (Å²) in [5.74, 6) is 0.434. The van der Waals surface area contributed by atoms with Crippen LogP contribution < -0.4 is 0 Å². The van der Waals surface area contributed by atoms with Crippen molar-refractivity contribution in [1.29, 1.82) is 0 Å². The van der Waals surface area contributed by atoms with Crippen molar-refractivity contribution in [2.75, 3.05) is 11.5 Å². The standard InChI is InChI=1S/C16H24O2S/c1-4-5-6-10-13-19(17,18)14-16(2,3)15-11-8-7-9-12-15/h5-9,11-12H,4,10,13-14H2,1-3H3/b6-5-. The second-order valence-corrected chi connectivity index (χ2v) is 7.69. The molecule has 1 aromatic carbocycles. The molecule has 0 spiro atoms. The van der Waals surface area contributed by atoms with E-state index >= 15 is 0 Å². The van der Waals surface area contributed by atoms with E-state index < -0.39 is 9.84 Å². The zero-order valence-corrected chi connectivity index (χ0v) is 12.9. The molecule has 0 saturated carbocycles. The van der Waals surface area contributed by atoms with E-state index in [9.17, 15) is 8.42 Å². The molecule has 0 N–H and O–H groups in total. The molecule has 0 heterocycles. The van der Waals surface area contributed by atoms with E-state index in [1.54, 1.807) is 0 Å². The van der Waals surface area contributed by atoms with Gasteiger partial charge in [0.05, 0.1) is 11.5 Å². The van der Waals surface area contributed by atoms with Crippen molar-refractivity contribution in [3.8, 4) is 0 Å². The first kappa shape index (κ1) is 16.0. The second kappa shape index (κ2) is 6.90. The molecule has 19 heavy (non-hydrogen) atoms. The molecule has 0 bridgehead atoms. The summed E-state index contributed by atoms with van der Waals surface area (Å²) in [6.45, 7) is 6.02. The third-order valence-corrected chi connectivity index (χ3v) is 5.15. The van der Waals surface area contributed by atoms with Crippen LogP contribution in [0.2, 0.25) is 0 Å². The van der Waals surface area contributed by atoms with Crippen LogP contribution in [0.4, 0.5) is 0 Å². The SMILES string of the molecule is CC/C=C\CCS(=O)(=O)CC(C)(C)c1ccccc1. The van der Waals surface area contributed by atoms with Crippen LogP contribution in [0.3, 0.4) is 0 Å². The lowest BCUT2D eigenvalue weighted by Crippen LogP contribution is -2.29. The van der Waals surface area contributed by atoms with Crippen molar-refractivity contribution in [2.24, 2.45) is 0 Å². The normalized spacial score (nSPS) is 13.0. The summed E-state index contributed by atoms with van der Waals surface area (Å²) < 4.78 is 24.3. The summed E-state index contributed by atoms with van der Waals surface area (Å²) in [5, 5.41) is 0. The quantitative estimate of drug-likeness (QED) is 0.713. The fourth-order valence-electron chi connectivity index (χ4n) is 2.13. The molecule has 0 radical (unpaired) electrons. The molecule has 0 unspecified atom stereocenters. The van der Waals surface area contributed by atoms with Gasteiger partial charge < -0.3 is 0 Å². The predicted octanol–water partition coefficient (Wildman–Crippen LogP) is 3.74. The Labute approximate surface area is 117 Å². The van der Waals surface area contributed by atoms with Gasteiger partial charge in [-0.05, 0) is 18.4 Å². The van der Waals surface area contributed by atoms with E-state index in [2.05, 4.69) is 0 Å². The van der Waals surface area contributed by atoms with Gasteiger partial charge in [-0.3, -0.25) is 0 Å². The molecule has 0 amide bonds. The highest BCUT2D eigenvalue weighted by atomic mass is 32.2. The average molecular weight is 280 g/mol. The van der Waals surface area contributed by atoms with E-state index in [0.717, 1.165) is 12.0 Å². The average Bonchev–Trinajstić information content (AvgIpc) is 2.35. The maximum Gasteiger partial charge on any atom is 0.151 e. The molecule has 0 aliphatic rings. The maximum atomic E-state index is 12.1. The Morgan fingerprint density at radius 2 is 1.74 bits per heavy atom. The minimum absolute atomic E-state index is 0.198. The van der Waals surface area contributed by atoms with Crippen LogP contribution in [0.5, 0.6) is 0 Å². The van der Waals surface area contributed by atoms with Gasteiger partial charge in [-0.2, -0.15) is 0 Å². The first-order valence-electron chi connectivity index (χ1n) is 6.78. The Morgan fingerprint density at radius 3 is 2.32 bits per heavy atom. The highest BCUT2D eigenvalue weighted by molar-refractivity contribution is 7.91. The molecule has 1 aromatic rings. The lowest BCUT2D eigenvalue weighted by Gasteiger charge is -2.24. The summed E-state index contributed by atoms with van der Waals surface area (Å²) in [6.07, 6.45) is 5.53. The molecular weight excluding hydrogens is 256 g/mol. The third-order valence-electron chi connectivity index (χ3n) is 3.13. The molecular formula is C16H24O2S. The highest BCUT2D eigenvalue weighted by Gasteiger charge is 2.27. The zero-order chi connectivity index (χ0) is 14.4. The first-order chi connectivity index (χ1) is 8.87. The molecule has 0 atom stereocenters. The van der Waals surface area contributed by atoms with Crippen LogP contribution in [0, 0.1) is 0 Å². The Kier molecular flexibility index (Phi) is 5.80. The minimum Gasteiger partial charge on any atom is -0.229 e. The van der Waals surface area contributed by atoms with Crippen molar-refractivity contribution >= 4 is 9.84 Å². The van der Waals surface area contributed by atoms with E-state index in [0.29, 0.717) is 6.42 Å². The van der Waals surface area contributed by atoms with Crippen LogP contribution in [-0.2, 0) is 15.3 Å². The molecule has 2 nitrogen and oxygen atoms in total. The largest absolute Gasteiger partial charge is 0.229 e. The highest BCUT2D eigenvalue weighted by Crippen LogP contribution is 2.25. The van der Waals surface area contributed by atoms with Crippen LogP contribution in [-0.4, -0.2) is 19.9 Å². The van der Waals surface area contributed by atoms with Gasteiger partial charge in [0.25, 0.3) is 0 Å². The van der Waals surface area contributed by atoms with E-state index in [1.807, 2.05) is 63.3 Å². The Balaban J connectivity index is 2.69. The lowest BCUT2D eigenvalue weighted by atomic mass is 9.87. The monoisotopic (exact) mass is 280 g/mol. The van der Waals surface area contributed by atoms with E-state index in [1.165, 1.54) is 0 Å². The Hall–Kier alpha value is -1.09. The summed E-state index contributed by atoms with van der Waals surface area (Å²) in [6, 6.07) is 9.84. The Bertz CT molecular complexity index is 499. The number of hydrogen-bond donors (Lipinski definition) is 0. The van der Waals surface area contributed by atoms with E-state index in [-0.39, 0.29) is 16.9 Å². The summed E-state index contributed by atoms with van der Waals surface area (Å²) in [7, 11) is -3.02. The third kappa shape index (κ3) is 5.60. The summed E-state index contributed by atoms with van der Waals surface area (Å²) >= 11 is 0. The molecule has 0 aromatic heterocycles. The maximum absolute atomic E-state index is 12.1. The molecule has 0 aliphatic heterocycles. The van der Waals surface area contributed by atoms with Gasteiger partial charge in [-0.15, -0.1) is 0 Å². The van der Waals surface area contributed by atoms with Crippen molar-refractivity contribution in [2.45, 2.75) is 39.0 Å². The smallest absolute Gasteiger partial charge is 0.151 e. The van der Waals surface area contributed by atoms with Crippen LogP contribution in [0.25, 0.3) is 0 Å². The topological polar surface area (TPSA) is 34.1 Å². The van der Waals surface area contributed by atoms with Gasteiger partial charge in [0.1, 0.15) is 0 Å². The van der Waals surface area contributed by atoms with Gasteiger partial charge in [-0.25, -0.2) is 8.42 Å². The number of hydrogen-bond acceptors (Lipinski definition) is 2. The molecule has 0 saturated heterocycles. The number of allylic oxidation sites excluding steroid dienone is 2. The molecule has 0 aliphatic carbocycles. The first-order valence-corrected chi connectivity index (χ1v) is 8.60. The van der Waals surface area contributed by atoms with Crippen LogP contribution >= 0.6 is 0 Å². The van der Waals surface area contributed by atoms with Crippen molar-refractivity contribution in [3.05, 3.63) is 48.0 Å². The summed E-state index contributed by atoms with van der Waals surface area (Å²) in [5.41, 5.74) is 0.733. The minimum atomic E-state index is -3.02. The van der Waals surface area contributed by atoms with Crippen molar-refractivity contribution in [1.82, 2.24) is 0 Å². The van der Waals surface area contributed by atoms with Gasteiger partial charge in [0.15, 0.2) is 9.84 Å².